The van der Waals surface area contributed by atoms with Crippen LogP contribution in [0.1, 0.15) is 11.1 Å². The van der Waals surface area contributed by atoms with Crippen LogP contribution in [-0.2, 0) is 0 Å². The molecule has 1 aromatic heterocycles. The Bertz CT molecular complexity index is 384. The second-order valence-electron chi connectivity index (χ2n) is 3.37. The van der Waals surface area contributed by atoms with E-state index in [9.17, 15) is 5.11 Å². The minimum atomic E-state index is -0.785. The van der Waals surface area contributed by atoms with Crippen LogP contribution in [0.15, 0.2) is 17.3 Å². The number of amidine groups is 1. The Labute approximate surface area is 98.2 Å². The molecule has 0 saturated heterocycles. The third-order valence-electron chi connectivity index (χ3n) is 2.02. The molecule has 5 nitrogen and oxygen atoms in total. The van der Waals surface area contributed by atoms with Gasteiger partial charge in [0.2, 0.25) is 0 Å². The van der Waals surface area contributed by atoms with Crippen LogP contribution in [0.5, 0.6) is 0 Å². The Balaban J connectivity index is 2.87. The highest BCUT2D eigenvalue weighted by Gasteiger charge is 2.12. The molecule has 1 unspecified atom stereocenters. The summed E-state index contributed by atoms with van der Waals surface area (Å²) in [4.78, 5) is 4.12. The standard InChI is InChI=1S/C10H15N3O2S/c1-6-2-3-13-10(8(6)9(11)12)16-5-7(15)4-14/h2-3,7,14-15H,4-5H2,1H3,(H3,11,12). The predicted octanol–water partition coefficient (Wildman–Crippen LogP) is 0.119. The Morgan fingerprint density at radius 1 is 1.69 bits per heavy atom. The Morgan fingerprint density at radius 3 is 2.94 bits per heavy atom. The monoisotopic (exact) mass is 241 g/mol. The fourth-order valence-electron chi connectivity index (χ4n) is 1.20. The number of aliphatic hydroxyl groups is 2. The molecule has 88 valence electrons. The van der Waals surface area contributed by atoms with Crippen molar-refractivity contribution in [3.63, 3.8) is 0 Å². The molecule has 0 aliphatic rings. The molecule has 0 spiro atoms. The molecule has 1 heterocycles. The smallest absolute Gasteiger partial charge is 0.125 e. The Kier molecular flexibility index (Phi) is 4.72. The van der Waals surface area contributed by atoms with E-state index in [1.54, 1.807) is 12.3 Å². The number of nitrogens with two attached hydrogens (primary N) is 1. The van der Waals surface area contributed by atoms with E-state index in [1.807, 2.05) is 6.92 Å². The average molecular weight is 241 g/mol. The first-order chi connectivity index (χ1) is 7.56. The van der Waals surface area contributed by atoms with Crippen LogP contribution in [0.25, 0.3) is 0 Å². The third kappa shape index (κ3) is 3.19. The molecule has 0 saturated carbocycles. The van der Waals surface area contributed by atoms with Gasteiger partial charge in [-0.25, -0.2) is 4.98 Å². The lowest BCUT2D eigenvalue weighted by molar-refractivity contribution is 0.113. The Morgan fingerprint density at radius 2 is 2.38 bits per heavy atom. The molecule has 0 aliphatic carbocycles. The van der Waals surface area contributed by atoms with Gasteiger partial charge in [-0.2, -0.15) is 0 Å². The summed E-state index contributed by atoms with van der Waals surface area (Å²) in [5, 5.41) is 26.0. The van der Waals surface area contributed by atoms with Crippen molar-refractivity contribution in [1.82, 2.24) is 4.98 Å². The van der Waals surface area contributed by atoms with E-state index in [0.717, 1.165) is 5.56 Å². The largest absolute Gasteiger partial charge is 0.394 e. The van der Waals surface area contributed by atoms with Crippen molar-refractivity contribution >= 4 is 17.6 Å². The molecule has 0 amide bonds. The van der Waals surface area contributed by atoms with Gasteiger partial charge >= 0.3 is 0 Å². The summed E-state index contributed by atoms with van der Waals surface area (Å²) in [7, 11) is 0. The van der Waals surface area contributed by atoms with E-state index in [-0.39, 0.29) is 12.4 Å². The molecule has 0 radical (unpaired) electrons. The second kappa shape index (κ2) is 5.83. The first kappa shape index (κ1) is 13.0. The number of hydrogen-bond acceptors (Lipinski definition) is 5. The highest BCUT2D eigenvalue weighted by molar-refractivity contribution is 7.99. The first-order valence-electron chi connectivity index (χ1n) is 4.78. The normalized spacial score (nSPS) is 12.4. The number of aryl methyl sites for hydroxylation is 1. The maximum atomic E-state index is 9.23. The van der Waals surface area contributed by atoms with Crippen LogP contribution in [0.4, 0.5) is 0 Å². The summed E-state index contributed by atoms with van der Waals surface area (Å²) in [6, 6.07) is 1.78. The van der Waals surface area contributed by atoms with Gasteiger partial charge in [-0.15, -0.1) is 11.8 Å². The summed E-state index contributed by atoms with van der Waals surface area (Å²) in [5.74, 6) is 0.291. The van der Waals surface area contributed by atoms with E-state index in [1.165, 1.54) is 11.8 Å². The maximum Gasteiger partial charge on any atom is 0.125 e. The zero-order valence-electron chi connectivity index (χ0n) is 8.97. The number of aliphatic hydroxyl groups excluding tert-OH is 2. The van der Waals surface area contributed by atoms with Crippen molar-refractivity contribution in [3.8, 4) is 0 Å². The summed E-state index contributed by atoms with van der Waals surface area (Å²) in [6.07, 6.45) is 0.849. The van der Waals surface area contributed by atoms with Gasteiger partial charge in [-0.1, -0.05) is 0 Å². The van der Waals surface area contributed by atoms with E-state index >= 15 is 0 Å². The molecule has 16 heavy (non-hydrogen) atoms. The topological polar surface area (TPSA) is 103 Å². The first-order valence-corrected chi connectivity index (χ1v) is 5.76. The highest BCUT2D eigenvalue weighted by Crippen LogP contribution is 2.22. The van der Waals surface area contributed by atoms with Gasteiger partial charge in [-0.05, 0) is 18.6 Å². The third-order valence-corrected chi connectivity index (χ3v) is 3.15. The van der Waals surface area contributed by atoms with Gasteiger partial charge in [0.05, 0.1) is 18.3 Å². The summed E-state index contributed by atoms with van der Waals surface area (Å²) in [5.41, 5.74) is 6.95. The molecular weight excluding hydrogens is 226 g/mol. The molecule has 0 aliphatic heterocycles. The maximum absolute atomic E-state index is 9.23. The lowest BCUT2D eigenvalue weighted by atomic mass is 10.1. The van der Waals surface area contributed by atoms with Gasteiger partial charge in [-0.3, -0.25) is 5.41 Å². The van der Waals surface area contributed by atoms with Crippen molar-refractivity contribution in [3.05, 3.63) is 23.4 Å². The number of rotatable bonds is 5. The molecule has 1 rings (SSSR count). The van der Waals surface area contributed by atoms with Crippen LogP contribution >= 0.6 is 11.8 Å². The molecule has 0 bridgehead atoms. The number of hydrogen-bond donors (Lipinski definition) is 4. The van der Waals surface area contributed by atoms with E-state index < -0.39 is 6.10 Å². The molecule has 1 aromatic rings. The minimum Gasteiger partial charge on any atom is -0.394 e. The van der Waals surface area contributed by atoms with Crippen molar-refractivity contribution in [1.29, 1.82) is 5.41 Å². The SMILES string of the molecule is Cc1ccnc(SCC(O)CO)c1C(=N)N. The number of thioether (sulfide) groups is 1. The van der Waals surface area contributed by atoms with Gasteiger partial charge in [0, 0.05) is 11.9 Å². The van der Waals surface area contributed by atoms with E-state index in [4.69, 9.17) is 16.2 Å². The lowest BCUT2D eigenvalue weighted by Gasteiger charge is -2.11. The summed E-state index contributed by atoms with van der Waals surface area (Å²) < 4.78 is 0. The van der Waals surface area contributed by atoms with Crippen molar-refractivity contribution in [2.45, 2.75) is 18.1 Å². The van der Waals surface area contributed by atoms with Gasteiger partial charge < -0.3 is 15.9 Å². The molecule has 0 fully saturated rings. The van der Waals surface area contributed by atoms with Gasteiger partial charge in [0.15, 0.2) is 0 Å². The number of pyridine rings is 1. The second-order valence-corrected chi connectivity index (χ2v) is 4.38. The van der Waals surface area contributed by atoms with Crippen LogP contribution < -0.4 is 5.73 Å². The Hall–Kier alpha value is -1.11. The quantitative estimate of drug-likeness (QED) is 0.333. The molecule has 0 aromatic carbocycles. The molecule has 1 atom stereocenters. The summed E-state index contributed by atoms with van der Waals surface area (Å²) >= 11 is 1.28. The van der Waals surface area contributed by atoms with Crippen LogP contribution in [0.2, 0.25) is 0 Å². The number of nitrogens with zero attached hydrogens (tertiary/aromatic N) is 1. The van der Waals surface area contributed by atoms with Gasteiger partial charge in [0.1, 0.15) is 10.9 Å². The molecule has 6 heteroatoms. The van der Waals surface area contributed by atoms with Crippen LogP contribution in [-0.4, -0.2) is 39.5 Å². The van der Waals surface area contributed by atoms with Crippen molar-refractivity contribution < 1.29 is 10.2 Å². The highest BCUT2D eigenvalue weighted by atomic mass is 32.2. The lowest BCUT2D eigenvalue weighted by Crippen LogP contribution is -2.17. The zero-order chi connectivity index (χ0) is 12.1. The molecular formula is C10H15N3O2S. The van der Waals surface area contributed by atoms with Crippen LogP contribution in [0, 0.1) is 12.3 Å². The zero-order valence-corrected chi connectivity index (χ0v) is 9.79. The minimum absolute atomic E-state index is 0.0356. The number of aromatic nitrogens is 1. The fraction of sp³-hybridized carbons (Fsp3) is 0.400. The number of nitrogen functional groups attached to an aromatic ring is 1. The average Bonchev–Trinajstić information content (AvgIpc) is 2.25. The molecule has 5 N–H and O–H groups in total. The van der Waals surface area contributed by atoms with Crippen molar-refractivity contribution in [2.24, 2.45) is 5.73 Å². The van der Waals surface area contributed by atoms with Crippen molar-refractivity contribution in [2.75, 3.05) is 12.4 Å². The van der Waals surface area contributed by atoms with E-state index in [2.05, 4.69) is 4.98 Å². The van der Waals surface area contributed by atoms with E-state index in [0.29, 0.717) is 16.3 Å². The number of nitrogens with one attached hydrogen (secondary N) is 1. The van der Waals surface area contributed by atoms with Gasteiger partial charge in [0.25, 0.3) is 0 Å². The summed E-state index contributed by atoms with van der Waals surface area (Å²) in [6.45, 7) is 1.57. The van der Waals surface area contributed by atoms with Crippen LogP contribution in [0.3, 0.4) is 0 Å². The fourth-order valence-corrected chi connectivity index (χ4v) is 2.20. The predicted molar refractivity (Wildman–Crippen MR) is 63.8 cm³/mol.